The third kappa shape index (κ3) is 9.97. The van der Waals surface area contributed by atoms with Crippen LogP contribution in [0.4, 0.5) is 26.3 Å². The van der Waals surface area contributed by atoms with E-state index in [0.29, 0.717) is 43.9 Å². The molecule has 18 heteroatoms. The lowest BCUT2D eigenvalue weighted by Gasteiger charge is -2.13. The number of alkyl halides is 7. The van der Waals surface area contributed by atoms with Gasteiger partial charge in [-0.05, 0) is 86.6 Å². The molecule has 8 rings (SSSR count). The van der Waals surface area contributed by atoms with Crippen LogP contribution in [-0.4, -0.2) is 39.1 Å². The van der Waals surface area contributed by atoms with Crippen LogP contribution in [0, 0.1) is 6.92 Å². The summed E-state index contributed by atoms with van der Waals surface area (Å²) in [6.07, 6.45) is -5.74. The van der Waals surface area contributed by atoms with Crippen molar-refractivity contribution in [3.05, 3.63) is 106 Å². The van der Waals surface area contributed by atoms with Crippen molar-refractivity contribution in [2.75, 3.05) is 0 Å². The fourth-order valence-electron chi connectivity index (χ4n) is 6.53. The summed E-state index contributed by atoms with van der Waals surface area (Å²) in [6.45, 7) is 5.76. The highest BCUT2D eigenvalue weighted by Crippen LogP contribution is 2.47. The molecule has 3 aromatic carbocycles. The first-order valence-corrected chi connectivity index (χ1v) is 20.7. The van der Waals surface area contributed by atoms with Crippen LogP contribution < -0.4 is 14.2 Å². The smallest absolute Gasteiger partial charge is 0.489 e. The Hall–Kier alpha value is -5.36. The van der Waals surface area contributed by atoms with Crippen molar-refractivity contribution in [2.24, 2.45) is 0 Å². The van der Waals surface area contributed by atoms with Crippen LogP contribution in [-0.2, 0) is 11.9 Å². The molecule has 0 amide bonds. The molecule has 2 aliphatic rings. The minimum atomic E-state index is -4.85. The number of carboxylic acids is 1. The van der Waals surface area contributed by atoms with Gasteiger partial charge in [0.2, 0.25) is 0 Å². The third-order valence-electron chi connectivity index (χ3n) is 9.59. The van der Waals surface area contributed by atoms with E-state index in [1.807, 2.05) is 32.9 Å². The molecular formula is C42H36BrF6N3O7S. The molecule has 60 heavy (non-hydrogen) atoms. The van der Waals surface area contributed by atoms with Gasteiger partial charge in [-0.1, -0.05) is 64.4 Å². The topological polar surface area (TPSA) is 130 Å². The second-order valence-corrected chi connectivity index (χ2v) is 16.1. The maximum atomic E-state index is 13.0. The van der Waals surface area contributed by atoms with Crippen molar-refractivity contribution in [1.29, 1.82) is 0 Å². The quantitative estimate of drug-likeness (QED) is 0.0882. The van der Waals surface area contributed by atoms with Gasteiger partial charge >= 0.3 is 18.7 Å². The number of aromatic nitrogens is 3. The van der Waals surface area contributed by atoms with Gasteiger partial charge in [0, 0.05) is 44.3 Å². The Morgan fingerprint density at radius 3 is 1.78 bits per heavy atom. The highest BCUT2D eigenvalue weighted by atomic mass is 79.9. The first-order chi connectivity index (χ1) is 28.5. The van der Waals surface area contributed by atoms with E-state index in [4.69, 9.17) is 13.8 Å². The molecule has 1 N–H and O–H groups in total. The minimum Gasteiger partial charge on any atom is -0.489 e. The molecule has 0 unspecified atom stereocenters. The van der Waals surface area contributed by atoms with E-state index in [1.54, 1.807) is 24.3 Å². The summed E-state index contributed by atoms with van der Waals surface area (Å²) >= 11 is 4.71. The van der Waals surface area contributed by atoms with Gasteiger partial charge in [-0.15, -0.1) is 37.7 Å². The summed E-state index contributed by atoms with van der Waals surface area (Å²) in [7, 11) is 0. The summed E-state index contributed by atoms with van der Waals surface area (Å²) < 4.78 is 102. The molecule has 10 nitrogen and oxygen atoms in total. The third-order valence-corrected chi connectivity index (χ3v) is 11.5. The van der Waals surface area contributed by atoms with E-state index < -0.39 is 18.7 Å². The number of ether oxygens (including phenoxy) is 3. The van der Waals surface area contributed by atoms with Gasteiger partial charge in [-0.25, -0.2) is 9.78 Å². The average Bonchev–Trinajstić information content (AvgIpc) is 4.08. The number of para-hydroxylation sites is 2. The predicted molar refractivity (Wildman–Crippen MR) is 211 cm³/mol. The Labute approximate surface area is 351 Å². The molecule has 6 aromatic rings. The summed E-state index contributed by atoms with van der Waals surface area (Å²) in [4.78, 5) is 16.7. The second kappa shape index (κ2) is 17.3. The zero-order valence-electron chi connectivity index (χ0n) is 32.1. The molecule has 2 saturated carbocycles. The zero-order valence-corrected chi connectivity index (χ0v) is 34.5. The highest BCUT2D eigenvalue weighted by molar-refractivity contribution is 9.08. The van der Waals surface area contributed by atoms with Gasteiger partial charge in [0.1, 0.15) is 51.8 Å². The number of hydrogen-bond donors (Lipinski definition) is 1. The number of hydrogen-bond acceptors (Lipinski definition) is 10. The molecule has 3 heterocycles. The number of aryl methyl sites for hydroxylation is 1. The van der Waals surface area contributed by atoms with Crippen molar-refractivity contribution in [3.63, 3.8) is 0 Å². The predicted octanol–water partition coefficient (Wildman–Crippen LogP) is 13.0. The normalized spacial score (nSPS) is 14.2. The number of thiazole rings is 1. The van der Waals surface area contributed by atoms with E-state index in [2.05, 4.69) is 40.7 Å². The summed E-state index contributed by atoms with van der Waals surface area (Å²) in [5, 5.41) is 18.7. The van der Waals surface area contributed by atoms with E-state index in [-0.39, 0.29) is 52.5 Å². The van der Waals surface area contributed by atoms with Crippen LogP contribution in [0.3, 0.4) is 0 Å². The molecule has 0 saturated heterocycles. The zero-order chi connectivity index (χ0) is 42.9. The number of rotatable bonds is 13. The molecule has 0 radical (unpaired) electrons. The fourth-order valence-corrected chi connectivity index (χ4v) is 8.22. The molecule has 0 aliphatic heterocycles. The van der Waals surface area contributed by atoms with Gasteiger partial charge in [0.25, 0.3) is 0 Å². The fraction of sp³-hybridized carbons (Fsp3) is 0.333. The van der Waals surface area contributed by atoms with E-state index in [9.17, 15) is 36.2 Å². The Morgan fingerprint density at radius 2 is 1.33 bits per heavy atom. The molecule has 3 aromatic heterocycles. The van der Waals surface area contributed by atoms with Crippen molar-refractivity contribution >= 4 is 33.2 Å². The first-order valence-electron chi connectivity index (χ1n) is 18.7. The van der Waals surface area contributed by atoms with Gasteiger partial charge in [-0.2, -0.15) is 0 Å². The second-order valence-electron chi connectivity index (χ2n) is 14.5. The van der Waals surface area contributed by atoms with Crippen molar-refractivity contribution < 1.29 is 59.5 Å². The maximum absolute atomic E-state index is 13.0. The van der Waals surface area contributed by atoms with Gasteiger partial charge in [0.05, 0.1) is 5.56 Å². The van der Waals surface area contributed by atoms with Gasteiger partial charge in [0.15, 0.2) is 5.69 Å². The van der Waals surface area contributed by atoms with Crippen molar-refractivity contribution in [3.8, 4) is 50.3 Å². The van der Waals surface area contributed by atoms with Crippen LogP contribution in [0.5, 0.6) is 17.2 Å². The lowest BCUT2D eigenvalue weighted by molar-refractivity contribution is -0.275. The summed E-state index contributed by atoms with van der Waals surface area (Å²) in [5.41, 5.74) is 4.14. The van der Waals surface area contributed by atoms with E-state index in [1.165, 1.54) is 41.7 Å². The molecule has 2 aliphatic carbocycles. The lowest BCUT2D eigenvalue weighted by Crippen LogP contribution is -2.17. The molecule has 2 fully saturated rings. The standard InChI is InChI=1S/C28H25F3N2O5S.C14H11BrF3NO2/c1-14(2)25-23(27(34)35)32-26(39-25)18-11-10-17(12-15(18)3)36-13-20-22(33-38-24(20)16-8-9-16)19-6-4-5-7-21(19)37-28(29,30)31;15-7-10-12(19-21-13(10)8-5-6-8)9-3-1-2-4-11(9)20-14(16,17)18/h4-7,10-12,14,16H,8-9,13H2,1-3H3,(H,34,35);1-4,8H,5-7H2. The minimum absolute atomic E-state index is 0.0235. The molecule has 0 spiro atoms. The van der Waals surface area contributed by atoms with Gasteiger partial charge in [-0.3, -0.25) is 0 Å². The number of aromatic carboxylic acids is 1. The summed E-state index contributed by atoms with van der Waals surface area (Å²) in [6, 6.07) is 17.1. The first kappa shape index (κ1) is 42.8. The van der Waals surface area contributed by atoms with Gasteiger partial charge < -0.3 is 28.4 Å². The van der Waals surface area contributed by atoms with Crippen molar-refractivity contribution in [1.82, 2.24) is 15.3 Å². The number of nitrogens with zero attached hydrogens (tertiary/aromatic N) is 3. The number of carbonyl (C=O) groups is 1. The number of benzene rings is 3. The van der Waals surface area contributed by atoms with Crippen molar-refractivity contribution in [2.45, 2.75) is 88.9 Å². The van der Waals surface area contributed by atoms with E-state index in [0.717, 1.165) is 48.1 Å². The number of halogens is 7. The van der Waals surface area contributed by atoms with Crippen LogP contribution in [0.2, 0.25) is 0 Å². The molecule has 0 bridgehead atoms. The van der Waals surface area contributed by atoms with Crippen LogP contribution in [0.1, 0.15) is 101 Å². The average molecular weight is 921 g/mol. The monoisotopic (exact) mass is 919 g/mol. The molecule has 0 atom stereocenters. The lowest BCUT2D eigenvalue weighted by atomic mass is 10.0. The Kier molecular flexibility index (Phi) is 12.3. The van der Waals surface area contributed by atoms with Crippen LogP contribution >= 0.6 is 27.3 Å². The molecular weight excluding hydrogens is 884 g/mol. The Morgan fingerprint density at radius 1 is 0.817 bits per heavy atom. The maximum Gasteiger partial charge on any atom is 0.573 e. The highest BCUT2D eigenvalue weighted by Gasteiger charge is 2.37. The number of carboxylic acid groups (broad SMARTS) is 1. The SMILES string of the molecule is Cc1cc(OCc2c(-c3ccccc3OC(F)(F)F)noc2C2CC2)ccc1-c1nc(C(=O)O)c(C(C)C)s1.FC(F)(F)Oc1ccccc1-c1noc(C2CC2)c1CBr. The Balaban J connectivity index is 0.000000218. The largest absolute Gasteiger partial charge is 0.573 e. The van der Waals surface area contributed by atoms with Crippen LogP contribution in [0.15, 0.2) is 75.8 Å². The van der Waals surface area contributed by atoms with Crippen LogP contribution in [0.25, 0.3) is 33.1 Å². The van der Waals surface area contributed by atoms with E-state index >= 15 is 0 Å². The summed E-state index contributed by atoms with van der Waals surface area (Å²) in [5.74, 6) is 0.683. The Bertz CT molecular complexity index is 2490. The molecule has 316 valence electrons.